The Kier molecular flexibility index (Phi) is 4.11. The van der Waals surface area contributed by atoms with Crippen LogP contribution >= 0.6 is 0 Å². The van der Waals surface area contributed by atoms with E-state index in [4.69, 9.17) is 9.15 Å². The highest BCUT2D eigenvalue weighted by atomic mass is 16.5. The molecular weight excluding hydrogens is 278 g/mol. The van der Waals surface area contributed by atoms with Gasteiger partial charge in [0.15, 0.2) is 5.58 Å². The molecule has 0 bridgehead atoms. The van der Waals surface area contributed by atoms with E-state index >= 15 is 0 Å². The quantitative estimate of drug-likeness (QED) is 0.790. The van der Waals surface area contributed by atoms with Crippen molar-refractivity contribution in [2.45, 2.75) is 26.5 Å². The fourth-order valence-electron chi connectivity index (χ4n) is 1.89. The summed E-state index contributed by atoms with van der Waals surface area (Å²) in [5, 5.41) is 0. The molecular formula is C14H15NO6. The van der Waals surface area contributed by atoms with Crippen LogP contribution in [0.25, 0.3) is 11.1 Å². The largest absolute Gasteiger partial charge is 0.465 e. The fraction of sp³-hybridized carbons (Fsp3) is 0.357. The number of fused-ring (bicyclic) bond motifs is 1. The molecule has 112 valence electrons. The van der Waals surface area contributed by atoms with E-state index in [0.717, 1.165) is 4.57 Å². The summed E-state index contributed by atoms with van der Waals surface area (Å²) in [6, 6.07) is 4.41. The Hall–Kier alpha value is -2.57. The van der Waals surface area contributed by atoms with Gasteiger partial charge in [-0.1, -0.05) is 0 Å². The Morgan fingerprint density at radius 1 is 1.33 bits per heavy atom. The highest BCUT2D eigenvalue weighted by Crippen LogP contribution is 2.16. The Morgan fingerprint density at radius 3 is 2.67 bits per heavy atom. The van der Waals surface area contributed by atoms with E-state index in [9.17, 15) is 14.4 Å². The van der Waals surface area contributed by atoms with Gasteiger partial charge in [-0.3, -0.25) is 9.36 Å². The maximum Gasteiger partial charge on any atom is 0.420 e. The highest BCUT2D eigenvalue weighted by Gasteiger charge is 2.16. The molecule has 1 heterocycles. The van der Waals surface area contributed by atoms with E-state index in [-0.39, 0.29) is 23.8 Å². The first-order valence-electron chi connectivity index (χ1n) is 6.33. The maximum atomic E-state index is 11.8. The zero-order valence-electron chi connectivity index (χ0n) is 11.9. The Balaban J connectivity index is 2.37. The Labute approximate surface area is 120 Å². The summed E-state index contributed by atoms with van der Waals surface area (Å²) >= 11 is 0. The number of aromatic nitrogens is 1. The normalized spacial score (nSPS) is 10.9. The SMILES string of the molecule is COC(=O)c1ccc2c(c1)oc(=O)n2CC(=O)OC(C)C. The first-order chi connectivity index (χ1) is 9.92. The van der Waals surface area contributed by atoms with Gasteiger partial charge < -0.3 is 13.9 Å². The van der Waals surface area contributed by atoms with E-state index in [1.165, 1.54) is 25.3 Å². The number of nitrogens with zero attached hydrogens (tertiary/aromatic N) is 1. The van der Waals surface area contributed by atoms with Crippen molar-refractivity contribution in [1.82, 2.24) is 4.57 Å². The van der Waals surface area contributed by atoms with Crippen LogP contribution < -0.4 is 5.76 Å². The summed E-state index contributed by atoms with van der Waals surface area (Å²) in [5.41, 5.74) is 0.879. The van der Waals surface area contributed by atoms with Crippen LogP contribution in [0.15, 0.2) is 27.4 Å². The van der Waals surface area contributed by atoms with Gasteiger partial charge in [-0.05, 0) is 32.0 Å². The second kappa shape index (κ2) is 5.82. The van der Waals surface area contributed by atoms with Gasteiger partial charge >= 0.3 is 17.7 Å². The minimum absolute atomic E-state index is 0.209. The summed E-state index contributed by atoms with van der Waals surface area (Å²) in [6.45, 7) is 3.19. The van der Waals surface area contributed by atoms with Gasteiger partial charge in [0.1, 0.15) is 6.54 Å². The number of carbonyl (C=O) groups is 2. The topological polar surface area (TPSA) is 87.7 Å². The highest BCUT2D eigenvalue weighted by molar-refractivity contribution is 5.93. The van der Waals surface area contributed by atoms with E-state index in [1.54, 1.807) is 13.8 Å². The molecule has 7 heteroatoms. The third-order valence-corrected chi connectivity index (χ3v) is 2.74. The van der Waals surface area contributed by atoms with Crippen molar-refractivity contribution in [2.24, 2.45) is 0 Å². The van der Waals surface area contributed by atoms with E-state index in [0.29, 0.717) is 5.52 Å². The van der Waals surface area contributed by atoms with Crippen molar-refractivity contribution in [3.8, 4) is 0 Å². The third-order valence-electron chi connectivity index (χ3n) is 2.74. The van der Waals surface area contributed by atoms with Crippen LogP contribution in [0.2, 0.25) is 0 Å². The first kappa shape index (κ1) is 14.8. The number of hydrogen-bond acceptors (Lipinski definition) is 6. The molecule has 0 aliphatic rings. The molecule has 0 N–H and O–H groups in total. The van der Waals surface area contributed by atoms with Gasteiger partial charge in [-0.25, -0.2) is 9.59 Å². The number of esters is 2. The zero-order valence-corrected chi connectivity index (χ0v) is 11.9. The molecule has 0 spiro atoms. The Morgan fingerprint density at radius 2 is 2.05 bits per heavy atom. The molecule has 0 unspecified atom stereocenters. The summed E-state index contributed by atoms with van der Waals surface area (Å²) < 4.78 is 15.8. The molecule has 0 fully saturated rings. The van der Waals surface area contributed by atoms with Crippen LogP contribution in [0.3, 0.4) is 0 Å². The lowest BCUT2D eigenvalue weighted by Crippen LogP contribution is -2.23. The number of hydrogen-bond donors (Lipinski definition) is 0. The molecule has 2 aromatic rings. The zero-order chi connectivity index (χ0) is 15.6. The van der Waals surface area contributed by atoms with Crippen LogP contribution in [-0.4, -0.2) is 29.7 Å². The number of rotatable bonds is 4. The van der Waals surface area contributed by atoms with Gasteiger partial charge in [0.05, 0.1) is 24.3 Å². The smallest absolute Gasteiger partial charge is 0.420 e. The van der Waals surface area contributed by atoms with Crippen LogP contribution in [0.1, 0.15) is 24.2 Å². The summed E-state index contributed by atoms with van der Waals surface area (Å²) in [7, 11) is 1.26. The summed E-state index contributed by atoms with van der Waals surface area (Å²) in [5.74, 6) is -1.76. The number of oxazole rings is 1. The van der Waals surface area contributed by atoms with Crippen LogP contribution in [-0.2, 0) is 20.8 Å². The average molecular weight is 293 g/mol. The predicted octanol–water partition coefficient (Wildman–Crippen LogP) is 1.33. The Bertz CT molecular complexity index is 739. The van der Waals surface area contributed by atoms with E-state index < -0.39 is 17.7 Å². The van der Waals surface area contributed by atoms with Gasteiger partial charge in [0.25, 0.3) is 0 Å². The molecule has 0 aliphatic heterocycles. The van der Waals surface area contributed by atoms with Crippen molar-refractivity contribution in [2.75, 3.05) is 7.11 Å². The molecule has 1 aromatic carbocycles. The molecule has 7 nitrogen and oxygen atoms in total. The van der Waals surface area contributed by atoms with Gasteiger partial charge in [-0.2, -0.15) is 0 Å². The number of benzene rings is 1. The maximum absolute atomic E-state index is 11.8. The lowest BCUT2D eigenvalue weighted by atomic mass is 10.2. The van der Waals surface area contributed by atoms with Gasteiger partial charge in [-0.15, -0.1) is 0 Å². The summed E-state index contributed by atoms with van der Waals surface area (Å²) in [6.07, 6.45) is -0.266. The van der Waals surface area contributed by atoms with Crippen molar-refractivity contribution >= 4 is 23.0 Å². The van der Waals surface area contributed by atoms with E-state index in [2.05, 4.69) is 4.74 Å². The number of methoxy groups -OCH3 is 1. The molecule has 0 radical (unpaired) electrons. The van der Waals surface area contributed by atoms with Gasteiger partial charge in [0, 0.05) is 0 Å². The fourth-order valence-corrected chi connectivity index (χ4v) is 1.89. The predicted molar refractivity (Wildman–Crippen MR) is 73.0 cm³/mol. The standard InChI is InChI=1S/C14H15NO6/c1-8(2)20-12(16)7-15-10-5-4-9(13(17)19-3)6-11(10)21-14(15)18/h4-6,8H,7H2,1-3H3. The average Bonchev–Trinajstić information content (AvgIpc) is 2.72. The molecule has 0 aliphatic carbocycles. The lowest BCUT2D eigenvalue weighted by Gasteiger charge is -2.07. The number of carbonyl (C=O) groups excluding carboxylic acids is 2. The molecule has 0 atom stereocenters. The van der Waals surface area contributed by atoms with Crippen LogP contribution in [0.5, 0.6) is 0 Å². The molecule has 21 heavy (non-hydrogen) atoms. The van der Waals surface area contributed by atoms with Crippen LogP contribution in [0.4, 0.5) is 0 Å². The van der Waals surface area contributed by atoms with Crippen molar-refractivity contribution in [3.05, 3.63) is 34.3 Å². The summed E-state index contributed by atoms with van der Waals surface area (Å²) in [4.78, 5) is 34.8. The van der Waals surface area contributed by atoms with Crippen molar-refractivity contribution in [3.63, 3.8) is 0 Å². The number of ether oxygens (including phenoxy) is 2. The van der Waals surface area contributed by atoms with Crippen LogP contribution in [0, 0.1) is 0 Å². The lowest BCUT2D eigenvalue weighted by molar-refractivity contribution is -0.148. The van der Waals surface area contributed by atoms with Crippen molar-refractivity contribution in [1.29, 1.82) is 0 Å². The molecule has 0 saturated heterocycles. The second-order valence-electron chi connectivity index (χ2n) is 4.67. The minimum atomic E-state index is -0.687. The monoisotopic (exact) mass is 293 g/mol. The molecule has 2 rings (SSSR count). The first-order valence-corrected chi connectivity index (χ1v) is 6.33. The molecule has 1 aromatic heterocycles. The molecule has 0 saturated carbocycles. The van der Waals surface area contributed by atoms with Crippen molar-refractivity contribution < 1.29 is 23.5 Å². The van der Waals surface area contributed by atoms with Gasteiger partial charge in [0.2, 0.25) is 0 Å². The minimum Gasteiger partial charge on any atom is -0.465 e. The molecule has 0 amide bonds. The second-order valence-corrected chi connectivity index (χ2v) is 4.67. The third kappa shape index (κ3) is 3.13. The van der Waals surface area contributed by atoms with E-state index in [1.807, 2.05) is 0 Å².